The lowest BCUT2D eigenvalue weighted by molar-refractivity contribution is 1.49. The molecule has 3 aromatic carbocycles. The van der Waals surface area contributed by atoms with E-state index < -0.39 is 7.92 Å². The summed E-state index contributed by atoms with van der Waals surface area (Å²) in [5, 5.41) is 4.21. The summed E-state index contributed by atoms with van der Waals surface area (Å²) in [7, 11) is -0.458. The summed E-state index contributed by atoms with van der Waals surface area (Å²) in [6.07, 6.45) is 0. The highest BCUT2D eigenvalue weighted by molar-refractivity contribution is 7.79. The molecule has 0 nitrogen and oxygen atoms in total. The van der Waals surface area contributed by atoms with Gasteiger partial charge < -0.3 is 0 Å². The van der Waals surface area contributed by atoms with Crippen molar-refractivity contribution in [2.45, 2.75) is 6.92 Å². The number of hydrogen-bond donors (Lipinski definition) is 0. The summed E-state index contributed by atoms with van der Waals surface area (Å²) in [4.78, 5) is 0. The van der Waals surface area contributed by atoms with E-state index >= 15 is 0 Å². The number of hydrogen-bond acceptors (Lipinski definition) is 0. The lowest BCUT2D eigenvalue weighted by Crippen LogP contribution is -2.20. The van der Waals surface area contributed by atoms with Crippen LogP contribution in [0.1, 0.15) is 5.56 Å². The van der Waals surface area contributed by atoms with E-state index in [0.29, 0.717) is 0 Å². The standard InChI is InChI=1S/C19H17P/c1-16-12-14-19(15-13-16)20(17-8-4-2-5-9-17)18-10-6-3-7-11-18/h2-15H,1H3. The van der Waals surface area contributed by atoms with Crippen LogP contribution in [0.15, 0.2) is 84.9 Å². The van der Waals surface area contributed by atoms with Crippen LogP contribution in [-0.2, 0) is 0 Å². The summed E-state index contributed by atoms with van der Waals surface area (Å²) in [5.74, 6) is 0. The largest absolute Gasteiger partial charge is 0.0622 e. The molecule has 0 radical (unpaired) electrons. The Hall–Kier alpha value is -1.91. The Balaban J connectivity index is 2.11. The Morgan fingerprint density at radius 2 is 0.900 bits per heavy atom. The second kappa shape index (κ2) is 6.03. The average Bonchev–Trinajstić information content (AvgIpc) is 2.52. The fraction of sp³-hybridized carbons (Fsp3) is 0.0526. The first kappa shape index (κ1) is 13.1. The van der Waals surface area contributed by atoms with Crippen LogP contribution in [0.25, 0.3) is 0 Å². The van der Waals surface area contributed by atoms with Crippen LogP contribution in [0.2, 0.25) is 0 Å². The van der Waals surface area contributed by atoms with Crippen LogP contribution >= 0.6 is 7.92 Å². The lowest BCUT2D eigenvalue weighted by Gasteiger charge is -2.19. The average molecular weight is 276 g/mol. The molecule has 1 heteroatoms. The van der Waals surface area contributed by atoms with Gasteiger partial charge in [-0.05, 0) is 30.8 Å². The Morgan fingerprint density at radius 1 is 0.500 bits per heavy atom. The maximum atomic E-state index is 2.26. The van der Waals surface area contributed by atoms with E-state index in [1.165, 1.54) is 21.5 Å². The van der Waals surface area contributed by atoms with Gasteiger partial charge in [0.05, 0.1) is 0 Å². The molecule has 0 aliphatic rings. The molecule has 0 unspecified atom stereocenters. The fourth-order valence-corrected chi connectivity index (χ4v) is 4.58. The van der Waals surface area contributed by atoms with Crippen molar-refractivity contribution in [3.63, 3.8) is 0 Å². The lowest BCUT2D eigenvalue weighted by atomic mass is 10.2. The first-order valence-corrected chi connectivity index (χ1v) is 8.16. The molecule has 0 aliphatic heterocycles. The van der Waals surface area contributed by atoms with Crippen molar-refractivity contribution in [3.8, 4) is 0 Å². The predicted molar refractivity (Wildman–Crippen MR) is 89.9 cm³/mol. The fourth-order valence-electron chi connectivity index (χ4n) is 2.30. The summed E-state index contributed by atoms with van der Waals surface area (Å²) in [6.45, 7) is 2.14. The zero-order valence-electron chi connectivity index (χ0n) is 11.5. The van der Waals surface area contributed by atoms with Gasteiger partial charge in [0.25, 0.3) is 0 Å². The summed E-state index contributed by atoms with van der Waals surface area (Å²) in [6, 6.07) is 30.5. The third-order valence-electron chi connectivity index (χ3n) is 3.32. The third-order valence-corrected chi connectivity index (χ3v) is 5.76. The van der Waals surface area contributed by atoms with Crippen LogP contribution in [0.4, 0.5) is 0 Å². The molecule has 0 saturated heterocycles. The van der Waals surface area contributed by atoms with Crippen molar-refractivity contribution in [2.24, 2.45) is 0 Å². The van der Waals surface area contributed by atoms with E-state index in [1.807, 2.05) is 0 Å². The van der Waals surface area contributed by atoms with Crippen molar-refractivity contribution < 1.29 is 0 Å². The van der Waals surface area contributed by atoms with Crippen molar-refractivity contribution in [1.29, 1.82) is 0 Å². The molecule has 0 saturated carbocycles. The highest BCUT2D eigenvalue weighted by Gasteiger charge is 2.15. The van der Waals surface area contributed by atoms with Crippen LogP contribution in [0, 0.1) is 6.92 Å². The maximum absolute atomic E-state index is 2.26. The van der Waals surface area contributed by atoms with Crippen molar-refractivity contribution in [1.82, 2.24) is 0 Å². The molecule has 0 spiro atoms. The van der Waals surface area contributed by atoms with Gasteiger partial charge in [-0.25, -0.2) is 0 Å². The second-order valence-electron chi connectivity index (χ2n) is 4.84. The van der Waals surface area contributed by atoms with Gasteiger partial charge in [0.1, 0.15) is 0 Å². The molecule has 0 aliphatic carbocycles. The van der Waals surface area contributed by atoms with Gasteiger partial charge in [-0.15, -0.1) is 0 Å². The summed E-state index contributed by atoms with van der Waals surface area (Å²) >= 11 is 0. The van der Waals surface area contributed by atoms with Crippen molar-refractivity contribution >= 4 is 23.8 Å². The quantitative estimate of drug-likeness (QED) is 0.639. The molecule has 0 bridgehead atoms. The number of benzene rings is 3. The van der Waals surface area contributed by atoms with Crippen LogP contribution in [0.3, 0.4) is 0 Å². The van der Waals surface area contributed by atoms with Gasteiger partial charge in [-0.3, -0.25) is 0 Å². The smallest absolute Gasteiger partial charge is 0.0134 e. The molecule has 0 amide bonds. The maximum Gasteiger partial charge on any atom is -0.0134 e. The molecule has 0 heterocycles. The highest BCUT2D eigenvalue weighted by Crippen LogP contribution is 2.32. The van der Waals surface area contributed by atoms with E-state index in [2.05, 4.69) is 91.9 Å². The topological polar surface area (TPSA) is 0 Å². The minimum Gasteiger partial charge on any atom is -0.0622 e. The Morgan fingerprint density at radius 3 is 1.35 bits per heavy atom. The first-order chi connectivity index (χ1) is 9.84. The second-order valence-corrected chi connectivity index (χ2v) is 7.06. The molecule has 98 valence electrons. The van der Waals surface area contributed by atoms with Gasteiger partial charge in [-0.2, -0.15) is 0 Å². The van der Waals surface area contributed by atoms with Gasteiger partial charge in [0.15, 0.2) is 0 Å². The Bertz CT molecular complexity index is 618. The number of aryl methyl sites for hydroxylation is 1. The third kappa shape index (κ3) is 2.81. The van der Waals surface area contributed by atoms with Gasteiger partial charge in [0, 0.05) is 0 Å². The van der Waals surface area contributed by atoms with E-state index in [-0.39, 0.29) is 0 Å². The van der Waals surface area contributed by atoms with E-state index in [1.54, 1.807) is 0 Å². The predicted octanol–water partition coefficient (Wildman–Crippen LogP) is 3.75. The van der Waals surface area contributed by atoms with Crippen molar-refractivity contribution in [3.05, 3.63) is 90.5 Å². The van der Waals surface area contributed by atoms with Crippen molar-refractivity contribution in [2.75, 3.05) is 0 Å². The normalized spacial score (nSPS) is 10.7. The van der Waals surface area contributed by atoms with Crippen LogP contribution in [0.5, 0.6) is 0 Å². The Labute approximate surface area is 121 Å². The zero-order chi connectivity index (χ0) is 13.8. The summed E-state index contributed by atoms with van der Waals surface area (Å²) < 4.78 is 0. The molecule has 0 fully saturated rings. The van der Waals surface area contributed by atoms with E-state index in [0.717, 1.165) is 0 Å². The minimum absolute atomic E-state index is 0.458. The molecule has 0 N–H and O–H groups in total. The van der Waals surface area contributed by atoms with Gasteiger partial charge in [0.2, 0.25) is 0 Å². The summed E-state index contributed by atoms with van der Waals surface area (Å²) in [5.41, 5.74) is 1.31. The molecule has 3 aromatic rings. The first-order valence-electron chi connectivity index (χ1n) is 6.81. The van der Waals surface area contributed by atoms with Gasteiger partial charge >= 0.3 is 0 Å². The monoisotopic (exact) mass is 276 g/mol. The molecule has 20 heavy (non-hydrogen) atoms. The van der Waals surface area contributed by atoms with E-state index in [9.17, 15) is 0 Å². The SMILES string of the molecule is Cc1ccc(P(c2ccccc2)c2ccccc2)cc1. The molecule has 3 rings (SSSR count). The molecule has 0 aromatic heterocycles. The minimum atomic E-state index is -0.458. The van der Waals surface area contributed by atoms with Gasteiger partial charge in [-0.1, -0.05) is 90.5 Å². The number of rotatable bonds is 3. The Kier molecular flexibility index (Phi) is 3.95. The van der Waals surface area contributed by atoms with Crippen LogP contribution < -0.4 is 15.9 Å². The molecular weight excluding hydrogens is 259 g/mol. The van der Waals surface area contributed by atoms with Crippen LogP contribution in [-0.4, -0.2) is 0 Å². The van der Waals surface area contributed by atoms with E-state index in [4.69, 9.17) is 0 Å². The molecule has 0 atom stereocenters. The highest BCUT2D eigenvalue weighted by atomic mass is 31.1. The molecular formula is C19H17P. The zero-order valence-corrected chi connectivity index (χ0v) is 12.4.